The minimum atomic E-state index is -0.843. The van der Waals surface area contributed by atoms with Gasteiger partial charge in [-0.2, -0.15) is 5.10 Å². The number of fused-ring (bicyclic) bond motifs is 3. The van der Waals surface area contributed by atoms with E-state index < -0.39 is 11.6 Å². The summed E-state index contributed by atoms with van der Waals surface area (Å²) in [5.41, 5.74) is 1.56. The molecular weight excluding hydrogens is 244 g/mol. The zero-order chi connectivity index (χ0) is 13.0. The SMILES string of the molecule is O=C(O)N1CC2CC1(c1cccc3[nH]ncc13)CN2. The van der Waals surface area contributed by atoms with Crippen molar-refractivity contribution in [2.75, 3.05) is 13.1 Å². The van der Waals surface area contributed by atoms with Crippen LogP contribution in [0.15, 0.2) is 24.4 Å². The lowest BCUT2D eigenvalue weighted by atomic mass is 9.87. The van der Waals surface area contributed by atoms with E-state index in [2.05, 4.69) is 15.5 Å². The summed E-state index contributed by atoms with van der Waals surface area (Å²) in [4.78, 5) is 13.1. The van der Waals surface area contributed by atoms with Gasteiger partial charge in [0, 0.05) is 24.5 Å². The number of aromatic amines is 1. The van der Waals surface area contributed by atoms with Gasteiger partial charge in [-0.05, 0) is 18.1 Å². The Hall–Kier alpha value is -2.08. The molecule has 2 bridgehead atoms. The van der Waals surface area contributed by atoms with Crippen LogP contribution in [-0.4, -0.2) is 45.4 Å². The molecule has 2 saturated heterocycles. The fraction of sp³-hybridized carbons (Fsp3) is 0.385. The number of H-pyrrole nitrogens is 1. The predicted octanol–water partition coefficient (Wildman–Crippen LogP) is 1.11. The number of aromatic nitrogens is 2. The Kier molecular flexibility index (Phi) is 1.98. The monoisotopic (exact) mass is 258 g/mol. The van der Waals surface area contributed by atoms with Gasteiger partial charge in [0.2, 0.25) is 0 Å². The molecule has 1 amide bonds. The molecule has 2 aliphatic heterocycles. The number of likely N-dealkylation sites (tertiary alicyclic amines) is 1. The molecule has 2 aromatic rings. The summed E-state index contributed by atoms with van der Waals surface area (Å²) in [5, 5.41) is 20.9. The van der Waals surface area contributed by atoms with Gasteiger partial charge in [0.05, 0.1) is 17.3 Å². The Bertz CT molecular complexity index is 667. The number of piperazine rings is 1. The van der Waals surface area contributed by atoms with Gasteiger partial charge in [-0.1, -0.05) is 12.1 Å². The maximum absolute atomic E-state index is 11.5. The number of carbonyl (C=O) groups is 1. The van der Waals surface area contributed by atoms with E-state index in [1.54, 1.807) is 11.1 Å². The topological polar surface area (TPSA) is 81.2 Å². The third-order valence-electron chi connectivity index (χ3n) is 4.40. The summed E-state index contributed by atoms with van der Waals surface area (Å²) < 4.78 is 0. The van der Waals surface area contributed by atoms with Gasteiger partial charge >= 0.3 is 6.09 Å². The van der Waals surface area contributed by atoms with Crippen LogP contribution >= 0.6 is 0 Å². The van der Waals surface area contributed by atoms with Gasteiger partial charge in [0.1, 0.15) is 0 Å². The van der Waals surface area contributed by atoms with E-state index in [4.69, 9.17) is 0 Å². The fourth-order valence-electron chi connectivity index (χ4n) is 3.58. The Morgan fingerprint density at radius 2 is 2.42 bits per heavy atom. The first-order chi connectivity index (χ1) is 9.21. The first-order valence-electron chi connectivity index (χ1n) is 6.37. The second kappa shape index (κ2) is 3.48. The molecule has 0 spiro atoms. The lowest BCUT2D eigenvalue weighted by molar-refractivity contribution is 0.0962. The summed E-state index contributed by atoms with van der Waals surface area (Å²) in [6, 6.07) is 6.19. The highest BCUT2D eigenvalue weighted by molar-refractivity contribution is 5.84. The van der Waals surface area contributed by atoms with E-state index >= 15 is 0 Å². The molecule has 2 fully saturated rings. The summed E-state index contributed by atoms with van der Waals surface area (Å²) in [5.74, 6) is 0. The highest BCUT2D eigenvalue weighted by atomic mass is 16.4. The van der Waals surface area contributed by atoms with Crippen molar-refractivity contribution in [1.82, 2.24) is 20.4 Å². The molecular formula is C13H14N4O2. The van der Waals surface area contributed by atoms with Crippen molar-refractivity contribution in [1.29, 1.82) is 0 Å². The van der Waals surface area contributed by atoms with Crippen LogP contribution in [-0.2, 0) is 5.54 Å². The van der Waals surface area contributed by atoms with Gasteiger partial charge in [-0.25, -0.2) is 4.79 Å². The molecule has 6 nitrogen and oxygen atoms in total. The number of benzene rings is 1. The molecule has 2 atom stereocenters. The van der Waals surface area contributed by atoms with Crippen molar-refractivity contribution < 1.29 is 9.90 Å². The molecule has 19 heavy (non-hydrogen) atoms. The number of nitrogens with zero attached hydrogens (tertiary/aromatic N) is 2. The molecule has 0 saturated carbocycles. The highest BCUT2D eigenvalue weighted by Crippen LogP contribution is 2.44. The predicted molar refractivity (Wildman–Crippen MR) is 68.9 cm³/mol. The van der Waals surface area contributed by atoms with Crippen molar-refractivity contribution in [2.45, 2.75) is 18.0 Å². The molecule has 2 aliphatic rings. The first-order valence-corrected chi connectivity index (χ1v) is 6.37. The third-order valence-corrected chi connectivity index (χ3v) is 4.40. The smallest absolute Gasteiger partial charge is 0.408 e. The molecule has 1 aromatic carbocycles. The van der Waals surface area contributed by atoms with Gasteiger partial charge < -0.3 is 10.4 Å². The quantitative estimate of drug-likeness (QED) is 0.715. The lowest BCUT2D eigenvalue weighted by Crippen LogP contribution is -2.52. The Morgan fingerprint density at radius 1 is 1.53 bits per heavy atom. The van der Waals surface area contributed by atoms with Gasteiger partial charge in [-0.3, -0.25) is 10.00 Å². The van der Waals surface area contributed by atoms with Crippen LogP contribution in [0.3, 0.4) is 0 Å². The molecule has 3 N–H and O–H groups in total. The van der Waals surface area contributed by atoms with Crippen molar-refractivity contribution >= 4 is 17.0 Å². The maximum atomic E-state index is 11.5. The van der Waals surface area contributed by atoms with E-state index in [1.807, 2.05) is 18.2 Å². The zero-order valence-electron chi connectivity index (χ0n) is 10.3. The van der Waals surface area contributed by atoms with Crippen LogP contribution in [0.25, 0.3) is 10.9 Å². The summed E-state index contributed by atoms with van der Waals surface area (Å²) in [6.07, 6.45) is 1.78. The average molecular weight is 258 g/mol. The van der Waals surface area contributed by atoms with Gasteiger partial charge in [0.15, 0.2) is 0 Å². The maximum Gasteiger partial charge on any atom is 0.408 e. The largest absolute Gasteiger partial charge is 0.465 e. The Balaban J connectivity index is 1.94. The first kappa shape index (κ1) is 10.8. The van der Waals surface area contributed by atoms with Gasteiger partial charge in [0.25, 0.3) is 0 Å². The molecule has 4 rings (SSSR count). The molecule has 1 aromatic heterocycles. The number of hydrogen-bond acceptors (Lipinski definition) is 3. The molecule has 0 radical (unpaired) electrons. The van der Waals surface area contributed by atoms with Crippen LogP contribution < -0.4 is 5.32 Å². The summed E-state index contributed by atoms with van der Waals surface area (Å²) in [7, 11) is 0. The van der Waals surface area contributed by atoms with E-state index in [0.717, 1.165) is 22.9 Å². The molecule has 98 valence electrons. The van der Waals surface area contributed by atoms with Crippen LogP contribution in [0.4, 0.5) is 4.79 Å². The zero-order valence-corrected chi connectivity index (χ0v) is 10.3. The van der Waals surface area contributed by atoms with Crippen molar-refractivity contribution in [3.63, 3.8) is 0 Å². The van der Waals surface area contributed by atoms with Crippen molar-refractivity contribution in [2.24, 2.45) is 0 Å². The van der Waals surface area contributed by atoms with Crippen LogP contribution in [0.2, 0.25) is 0 Å². The standard InChI is InChI=1S/C13H14N4O2/c18-12(19)17-6-8-4-13(17,7-14-8)10-2-1-3-11-9(10)5-15-16-11/h1-3,5,8,14H,4,6-7H2,(H,15,16)(H,18,19). The van der Waals surface area contributed by atoms with Crippen LogP contribution in [0.5, 0.6) is 0 Å². The second-order valence-corrected chi connectivity index (χ2v) is 5.34. The number of carboxylic acid groups (broad SMARTS) is 1. The summed E-state index contributed by atoms with van der Waals surface area (Å²) >= 11 is 0. The molecule has 3 heterocycles. The normalized spacial score (nSPS) is 29.3. The van der Waals surface area contributed by atoms with E-state index in [1.165, 1.54) is 0 Å². The second-order valence-electron chi connectivity index (χ2n) is 5.34. The van der Waals surface area contributed by atoms with E-state index in [-0.39, 0.29) is 6.04 Å². The lowest BCUT2D eigenvalue weighted by Gasteiger charge is -2.37. The fourth-order valence-corrected chi connectivity index (χ4v) is 3.58. The van der Waals surface area contributed by atoms with Gasteiger partial charge in [-0.15, -0.1) is 0 Å². The number of amides is 1. The van der Waals surface area contributed by atoms with E-state index in [9.17, 15) is 9.90 Å². The molecule has 0 aliphatic carbocycles. The van der Waals surface area contributed by atoms with Crippen molar-refractivity contribution in [3.8, 4) is 0 Å². The Morgan fingerprint density at radius 3 is 3.21 bits per heavy atom. The third kappa shape index (κ3) is 1.29. The average Bonchev–Trinajstić information content (AvgIpc) is 3.11. The number of hydrogen-bond donors (Lipinski definition) is 3. The highest BCUT2D eigenvalue weighted by Gasteiger charge is 2.54. The van der Waals surface area contributed by atoms with Crippen LogP contribution in [0, 0.1) is 0 Å². The molecule has 2 unspecified atom stereocenters. The minimum absolute atomic E-state index is 0.262. The summed E-state index contributed by atoms with van der Waals surface area (Å²) in [6.45, 7) is 1.23. The van der Waals surface area contributed by atoms with Crippen LogP contribution in [0.1, 0.15) is 12.0 Å². The van der Waals surface area contributed by atoms with E-state index in [0.29, 0.717) is 13.1 Å². The molecule has 6 heteroatoms. The van der Waals surface area contributed by atoms with Crippen molar-refractivity contribution in [3.05, 3.63) is 30.0 Å². The minimum Gasteiger partial charge on any atom is -0.465 e. The number of nitrogens with one attached hydrogen (secondary N) is 2. The number of rotatable bonds is 1. The Labute approximate surface area is 109 Å².